The largest absolute Gasteiger partial charge is 0.231 e. The average Bonchev–Trinajstić information content (AvgIpc) is 3.60. The van der Waals surface area contributed by atoms with E-state index in [4.69, 9.17) is 20.1 Å². The van der Waals surface area contributed by atoms with Crippen molar-refractivity contribution in [3.05, 3.63) is 176 Å². The lowest BCUT2D eigenvalue weighted by atomic mass is 9.95. The molecule has 3 heterocycles. The SMILES string of the molecule is c1ccc(-c2nc(-c3ccccc3)nc(-c3cccc4c3cc(-c3ccccc3)n3nc(-c5ccccc5)c(-c5ccccc5)c43)n2)cc1. The Labute approximate surface area is 283 Å². The third-order valence-corrected chi connectivity index (χ3v) is 8.88. The number of hydrogen-bond donors (Lipinski definition) is 0. The van der Waals surface area contributed by atoms with Gasteiger partial charge < -0.3 is 0 Å². The summed E-state index contributed by atoms with van der Waals surface area (Å²) in [5, 5.41) is 7.47. The predicted octanol–water partition coefficient (Wildman–Crippen LogP) is 10.7. The monoisotopic (exact) mass is 627 g/mol. The highest BCUT2D eigenvalue weighted by Gasteiger charge is 2.23. The van der Waals surface area contributed by atoms with Crippen LogP contribution < -0.4 is 0 Å². The van der Waals surface area contributed by atoms with E-state index in [2.05, 4.69) is 108 Å². The lowest BCUT2D eigenvalue weighted by Gasteiger charge is -2.14. The molecule has 6 aromatic carbocycles. The van der Waals surface area contributed by atoms with E-state index in [1.807, 2.05) is 72.8 Å². The van der Waals surface area contributed by atoms with E-state index in [1.165, 1.54) is 0 Å². The van der Waals surface area contributed by atoms with Crippen molar-refractivity contribution in [2.75, 3.05) is 0 Å². The number of pyridine rings is 1. The maximum absolute atomic E-state index is 5.37. The number of benzene rings is 6. The molecular formula is C44H29N5. The van der Waals surface area contributed by atoms with Crippen molar-refractivity contribution in [2.24, 2.45) is 0 Å². The Balaban J connectivity index is 1.40. The topological polar surface area (TPSA) is 56.0 Å². The van der Waals surface area contributed by atoms with Crippen LogP contribution in [0.4, 0.5) is 0 Å². The van der Waals surface area contributed by atoms with Crippen LogP contribution >= 0.6 is 0 Å². The van der Waals surface area contributed by atoms with Crippen molar-refractivity contribution in [2.45, 2.75) is 0 Å². The molecule has 0 amide bonds. The Morgan fingerprint density at radius 1 is 0.367 bits per heavy atom. The van der Waals surface area contributed by atoms with Crippen LogP contribution in [0, 0.1) is 0 Å². The molecule has 49 heavy (non-hydrogen) atoms. The molecule has 0 unspecified atom stereocenters. The average molecular weight is 628 g/mol. The third-order valence-electron chi connectivity index (χ3n) is 8.88. The molecule has 0 aliphatic heterocycles. The summed E-state index contributed by atoms with van der Waals surface area (Å²) in [5.74, 6) is 1.88. The quantitative estimate of drug-likeness (QED) is 0.184. The maximum Gasteiger partial charge on any atom is 0.164 e. The predicted molar refractivity (Wildman–Crippen MR) is 199 cm³/mol. The highest BCUT2D eigenvalue weighted by atomic mass is 15.2. The molecule has 5 nitrogen and oxygen atoms in total. The van der Waals surface area contributed by atoms with Gasteiger partial charge in [-0.15, -0.1) is 0 Å². The number of hydrogen-bond acceptors (Lipinski definition) is 4. The maximum atomic E-state index is 5.37. The van der Waals surface area contributed by atoms with E-state index >= 15 is 0 Å². The van der Waals surface area contributed by atoms with E-state index in [-0.39, 0.29) is 0 Å². The van der Waals surface area contributed by atoms with Crippen LogP contribution in [-0.4, -0.2) is 24.6 Å². The molecule has 3 aromatic heterocycles. The molecular weight excluding hydrogens is 599 g/mol. The molecule has 230 valence electrons. The lowest BCUT2D eigenvalue weighted by molar-refractivity contribution is 0.979. The minimum absolute atomic E-state index is 0.616. The first-order chi connectivity index (χ1) is 24.3. The summed E-state index contributed by atoms with van der Waals surface area (Å²) in [4.78, 5) is 15.2. The first-order valence-electron chi connectivity index (χ1n) is 16.3. The summed E-state index contributed by atoms with van der Waals surface area (Å²) in [6.45, 7) is 0. The molecule has 0 atom stereocenters. The van der Waals surface area contributed by atoms with Gasteiger partial charge >= 0.3 is 0 Å². The van der Waals surface area contributed by atoms with Crippen LogP contribution in [0.5, 0.6) is 0 Å². The molecule has 0 fully saturated rings. The first kappa shape index (κ1) is 28.5. The van der Waals surface area contributed by atoms with Crippen molar-refractivity contribution in [1.29, 1.82) is 0 Å². The molecule has 0 N–H and O–H groups in total. The van der Waals surface area contributed by atoms with Gasteiger partial charge in [0.2, 0.25) is 0 Å². The van der Waals surface area contributed by atoms with Gasteiger partial charge in [-0.3, -0.25) is 0 Å². The normalized spacial score (nSPS) is 11.3. The van der Waals surface area contributed by atoms with Gasteiger partial charge in [0.05, 0.1) is 11.2 Å². The van der Waals surface area contributed by atoms with Gasteiger partial charge in [0.15, 0.2) is 17.5 Å². The summed E-state index contributed by atoms with van der Waals surface area (Å²) >= 11 is 0. The Bertz CT molecular complexity index is 2510. The van der Waals surface area contributed by atoms with Gasteiger partial charge in [-0.25, -0.2) is 19.5 Å². The fraction of sp³-hybridized carbons (Fsp3) is 0. The van der Waals surface area contributed by atoms with E-state index < -0.39 is 0 Å². The van der Waals surface area contributed by atoms with Crippen LogP contribution in [0.15, 0.2) is 176 Å². The molecule has 0 saturated carbocycles. The lowest BCUT2D eigenvalue weighted by Crippen LogP contribution is -2.01. The minimum atomic E-state index is 0.616. The molecule has 0 radical (unpaired) electrons. The van der Waals surface area contributed by atoms with Gasteiger partial charge in [0.1, 0.15) is 5.69 Å². The van der Waals surface area contributed by atoms with E-state index in [1.54, 1.807) is 0 Å². The standard InChI is InChI=1S/C44H29N5/c1-6-17-30(18-7-1)38-29-37-35(41-39(31-19-8-2-9-20-31)40(48-49(38)41)32-21-10-3-11-22-32)27-16-28-36(37)44-46-42(33-23-12-4-13-24-33)45-43(47-44)34-25-14-5-15-26-34/h1-29H. The molecule has 9 rings (SSSR count). The van der Waals surface area contributed by atoms with Crippen molar-refractivity contribution >= 4 is 16.3 Å². The van der Waals surface area contributed by atoms with Gasteiger partial charge in [0, 0.05) is 38.8 Å². The Kier molecular flexibility index (Phi) is 7.06. The second-order valence-corrected chi connectivity index (χ2v) is 11.9. The van der Waals surface area contributed by atoms with Crippen LogP contribution in [-0.2, 0) is 0 Å². The third kappa shape index (κ3) is 5.14. The number of aromatic nitrogens is 5. The Morgan fingerprint density at radius 3 is 1.39 bits per heavy atom. The van der Waals surface area contributed by atoms with E-state index in [9.17, 15) is 0 Å². The molecule has 0 spiro atoms. The first-order valence-corrected chi connectivity index (χ1v) is 16.3. The molecule has 9 aromatic rings. The van der Waals surface area contributed by atoms with Crippen molar-refractivity contribution < 1.29 is 0 Å². The van der Waals surface area contributed by atoms with E-state index in [0.29, 0.717) is 17.5 Å². The van der Waals surface area contributed by atoms with Crippen LogP contribution in [0.3, 0.4) is 0 Å². The smallest absolute Gasteiger partial charge is 0.164 e. The Hall–Kier alpha value is -6.72. The Morgan fingerprint density at radius 2 is 0.837 bits per heavy atom. The number of fused-ring (bicyclic) bond motifs is 3. The second-order valence-electron chi connectivity index (χ2n) is 11.9. The molecule has 5 heteroatoms. The fourth-order valence-corrected chi connectivity index (χ4v) is 6.58. The minimum Gasteiger partial charge on any atom is -0.231 e. The summed E-state index contributed by atoms with van der Waals surface area (Å²) in [6, 6.07) is 60.3. The molecule has 0 aliphatic carbocycles. The molecule has 0 saturated heterocycles. The van der Waals surface area contributed by atoms with Crippen LogP contribution in [0.1, 0.15) is 0 Å². The number of rotatable bonds is 6. The highest BCUT2D eigenvalue weighted by Crippen LogP contribution is 2.42. The fourth-order valence-electron chi connectivity index (χ4n) is 6.58. The zero-order chi connectivity index (χ0) is 32.6. The van der Waals surface area contributed by atoms with Crippen LogP contribution in [0.2, 0.25) is 0 Å². The van der Waals surface area contributed by atoms with Gasteiger partial charge in [-0.1, -0.05) is 170 Å². The van der Waals surface area contributed by atoms with Crippen LogP contribution in [0.25, 0.3) is 84.1 Å². The van der Waals surface area contributed by atoms with Crippen molar-refractivity contribution in [3.63, 3.8) is 0 Å². The highest BCUT2D eigenvalue weighted by molar-refractivity contribution is 6.12. The zero-order valence-corrected chi connectivity index (χ0v) is 26.5. The summed E-state index contributed by atoms with van der Waals surface area (Å²) in [5.41, 5.74) is 10.1. The zero-order valence-electron chi connectivity index (χ0n) is 26.5. The summed E-state index contributed by atoms with van der Waals surface area (Å²) in [6.07, 6.45) is 0. The van der Waals surface area contributed by atoms with Crippen molar-refractivity contribution in [3.8, 4) is 67.8 Å². The number of nitrogens with zero attached hydrogens (tertiary/aromatic N) is 5. The van der Waals surface area contributed by atoms with Gasteiger partial charge in [-0.2, -0.15) is 5.10 Å². The molecule has 0 bridgehead atoms. The van der Waals surface area contributed by atoms with E-state index in [0.717, 1.165) is 66.6 Å². The summed E-state index contributed by atoms with van der Waals surface area (Å²) in [7, 11) is 0. The van der Waals surface area contributed by atoms with Gasteiger partial charge in [0.25, 0.3) is 0 Å². The second kappa shape index (κ2) is 12.1. The van der Waals surface area contributed by atoms with Gasteiger partial charge in [-0.05, 0) is 17.0 Å². The van der Waals surface area contributed by atoms with Crippen molar-refractivity contribution in [1.82, 2.24) is 24.6 Å². The molecule has 0 aliphatic rings. The summed E-state index contributed by atoms with van der Waals surface area (Å²) < 4.78 is 2.12.